The number of carbonyl (C=O) groups is 2. The first-order chi connectivity index (χ1) is 15.2. The molecule has 0 unspecified atom stereocenters. The standard InChI is InChI=1S/C22H22ClN3O5S/c1-25(2)32(29,30)18-10-11-20(23)19(13-18)22(28)26(14-17-9-6-12-31-17)15-21(27)24-16-7-4-3-5-8-16/h3-13H,14-15H2,1-2H3,(H,24,27). The number of rotatable bonds is 8. The van der Waals surface area contributed by atoms with Crippen LogP contribution in [0.3, 0.4) is 0 Å². The minimum atomic E-state index is -3.78. The van der Waals surface area contributed by atoms with Gasteiger partial charge in [-0.1, -0.05) is 29.8 Å². The normalized spacial score (nSPS) is 11.4. The van der Waals surface area contributed by atoms with Crippen LogP contribution in [0.2, 0.25) is 5.02 Å². The largest absolute Gasteiger partial charge is 0.467 e. The molecule has 0 spiro atoms. The summed E-state index contributed by atoms with van der Waals surface area (Å²) in [6.07, 6.45) is 1.46. The summed E-state index contributed by atoms with van der Waals surface area (Å²) in [5.41, 5.74) is 0.550. The molecule has 10 heteroatoms. The van der Waals surface area contributed by atoms with Crippen molar-refractivity contribution in [3.63, 3.8) is 0 Å². The van der Waals surface area contributed by atoms with Gasteiger partial charge in [0.1, 0.15) is 12.3 Å². The van der Waals surface area contributed by atoms with Gasteiger partial charge in [0.2, 0.25) is 15.9 Å². The van der Waals surface area contributed by atoms with Crippen molar-refractivity contribution in [3.05, 3.63) is 83.3 Å². The number of nitrogens with one attached hydrogen (secondary N) is 1. The van der Waals surface area contributed by atoms with Crippen molar-refractivity contribution < 1.29 is 22.4 Å². The van der Waals surface area contributed by atoms with Gasteiger partial charge in [-0.3, -0.25) is 9.59 Å². The Morgan fingerprint density at radius 1 is 1.03 bits per heavy atom. The molecule has 168 valence electrons. The van der Waals surface area contributed by atoms with Gasteiger partial charge in [0.15, 0.2) is 0 Å². The Kier molecular flexibility index (Phi) is 7.34. The number of furan rings is 1. The maximum absolute atomic E-state index is 13.3. The molecule has 3 rings (SSSR count). The number of hydrogen-bond acceptors (Lipinski definition) is 5. The number of para-hydroxylation sites is 1. The minimum absolute atomic E-state index is 0.00493. The number of nitrogens with zero attached hydrogens (tertiary/aromatic N) is 2. The van der Waals surface area contributed by atoms with E-state index < -0.39 is 21.8 Å². The molecular formula is C22H22ClN3O5S. The Morgan fingerprint density at radius 2 is 1.75 bits per heavy atom. The van der Waals surface area contributed by atoms with E-state index in [-0.39, 0.29) is 28.6 Å². The molecule has 0 atom stereocenters. The van der Waals surface area contributed by atoms with Gasteiger partial charge in [0.25, 0.3) is 5.91 Å². The first kappa shape index (κ1) is 23.5. The van der Waals surface area contributed by atoms with Crippen molar-refractivity contribution in [2.24, 2.45) is 0 Å². The fourth-order valence-corrected chi connectivity index (χ4v) is 4.02. The second-order valence-electron chi connectivity index (χ2n) is 7.08. The lowest BCUT2D eigenvalue weighted by Gasteiger charge is -2.22. The lowest BCUT2D eigenvalue weighted by atomic mass is 10.2. The summed E-state index contributed by atoms with van der Waals surface area (Å²) in [5, 5.41) is 2.79. The van der Waals surface area contributed by atoms with Gasteiger partial charge >= 0.3 is 0 Å². The SMILES string of the molecule is CN(C)S(=O)(=O)c1ccc(Cl)c(C(=O)N(CC(=O)Nc2ccccc2)Cc2ccco2)c1. The summed E-state index contributed by atoms with van der Waals surface area (Å²) in [6, 6.07) is 16.0. The third kappa shape index (κ3) is 5.56. The third-order valence-corrected chi connectivity index (χ3v) is 6.69. The lowest BCUT2D eigenvalue weighted by molar-refractivity contribution is -0.117. The van der Waals surface area contributed by atoms with E-state index in [1.165, 1.54) is 43.5 Å². The topological polar surface area (TPSA) is 99.9 Å². The van der Waals surface area contributed by atoms with E-state index in [0.717, 1.165) is 4.31 Å². The van der Waals surface area contributed by atoms with Crippen molar-refractivity contribution >= 4 is 39.1 Å². The number of carbonyl (C=O) groups excluding carboxylic acids is 2. The van der Waals surface area contributed by atoms with E-state index in [4.69, 9.17) is 16.0 Å². The van der Waals surface area contributed by atoms with Crippen molar-refractivity contribution in [1.82, 2.24) is 9.21 Å². The van der Waals surface area contributed by atoms with E-state index in [1.54, 1.807) is 36.4 Å². The number of halogens is 1. The molecule has 0 radical (unpaired) electrons. The monoisotopic (exact) mass is 475 g/mol. The van der Waals surface area contributed by atoms with E-state index >= 15 is 0 Å². The van der Waals surface area contributed by atoms with Gasteiger partial charge in [0, 0.05) is 19.8 Å². The highest BCUT2D eigenvalue weighted by molar-refractivity contribution is 7.89. The van der Waals surface area contributed by atoms with E-state index in [1.807, 2.05) is 6.07 Å². The van der Waals surface area contributed by atoms with Crippen LogP contribution in [0.5, 0.6) is 0 Å². The average molecular weight is 476 g/mol. The van der Waals surface area contributed by atoms with Crippen LogP contribution in [0, 0.1) is 0 Å². The molecule has 3 aromatic rings. The molecule has 0 aliphatic heterocycles. The van der Waals surface area contributed by atoms with Gasteiger partial charge in [-0.25, -0.2) is 12.7 Å². The van der Waals surface area contributed by atoms with Crippen LogP contribution in [-0.4, -0.2) is 50.1 Å². The molecule has 1 heterocycles. The molecule has 0 fully saturated rings. The Bertz CT molecular complexity index is 1200. The molecule has 32 heavy (non-hydrogen) atoms. The molecule has 0 saturated heterocycles. The zero-order valence-corrected chi connectivity index (χ0v) is 19.1. The van der Waals surface area contributed by atoms with Crippen molar-refractivity contribution in [2.75, 3.05) is 26.0 Å². The number of sulfonamides is 1. The van der Waals surface area contributed by atoms with Gasteiger partial charge in [-0.2, -0.15) is 0 Å². The van der Waals surface area contributed by atoms with Crippen LogP contribution in [-0.2, 0) is 21.4 Å². The average Bonchev–Trinajstić information content (AvgIpc) is 3.26. The summed E-state index contributed by atoms with van der Waals surface area (Å²) in [4.78, 5) is 27.1. The molecule has 0 aliphatic carbocycles. The number of amides is 2. The van der Waals surface area contributed by atoms with Crippen LogP contribution in [0.25, 0.3) is 0 Å². The molecule has 2 amide bonds. The van der Waals surface area contributed by atoms with Gasteiger partial charge in [-0.05, 0) is 42.5 Å². The fraction of sp³-hybridized carbons (Fsp3) is 0.182. The first-order valence-electron chi connectivity index (χ1n) is 9.57. The Labute approximate surface area is 191 Å². The molecule has 8 nitrogen and oxygen atoms in total. The van der Waals surface area contributed by atoms with Crippen LogP contribution in [0.4, 0.5) is 5.69 Å². The van der Waals surface area contributed by atoms with Crippen LogP contribution in [0.15, 0.2) is 76.2 Å². The number of anilines is 1. The summed E-state index contributed by atoms with van der Waals surface area (Å²) in [5.74, 6) is -0.575. The molecule has 2 aromatic carbocycles. The van der Waals surface area contributed by atoms with Crippen LogP contribution < -0.4 is 5.32 Å². The first-order valence-corrected chi connectivity index (χ1v) is 11.4. The van der Waals surface area contributed by atoms with Crippen LogP contribution in [0.1, 0.15) is 16.1 Å². The summed E-state index contributed by atoms with van der Waals surface area (Å²) in [7, 11) is -1.00. The summed E-state index contributed by atoms with van der Waals surface area (Å²) in [6.45, 7) is -0.301. The molecule has 0 saturated carbocycles. The number of hydrogen-bond donors (Lipinski definition) is 1. The quantitative estimate of drug-likeness (QED) is 0.537. The van der Waals surface area contributed by atoms with Crippen molar-refractivity contribution in [1.29, 1.82) is 0 Å². The predicted molar refractivity (Wildman–Crippen MR) is 121 cm³/mol. The van der Waals surface area contributed by atoms with Crippen molar-refractivity contribution in [2.45, 2.75) is 11.4 Å². The number of benzene rings is 2. The second-order valence-corrected chi connectivity index (χ2v) is 9.64. The van der Waals surface area contributed by atoms with E-state index in [2.05, 4.69) is 5.32 Å². The molecule has 1 aromatic heterocycles. The van der Waals surface area contributed by atoms with E-state index in [9.17, 15) is 18.0 Å². The molecule has 0 bridgehead atoms. The molecular weight excluding hydrogens is 454 g/mol. The maximum Gasteiger partial charge on any atom is 0.256 e. The maximum atomic E-state index is 13.3. The smallest absolute Gasteiger partial charge is 0.256 e. The molecule has 1 N–H and O–H groups in total. The summed E-state index contributed by atoms with van der Waals surface area (Å²) < 4.78 is 31.4. The third-order valence-electron chi connectivity index (χ3n) is 4.55. The Morgan fingerprint density at radius 3 is 2.38 bits per heavy atom. The van der Waals surface area contributed by atoms with Gasteiger partial charge in [-0.15, -0.1) is 0 Å². The van der Waals surface area contributed by atoms with Gasteiger partial charge < -0.3 is 14.6 Å². The van der Waals surface area contributed by atoms with Crippen LogP contribution >= 0.6 is 11.6 Å². The highest BCUT2D eigenvalue weighted by Gasteiger charge is 2.25. The minimum Gasteiger partial charge on any atom is -0.467 e. The van der Waals surface area contributed by atoms with Crippen molar-refractivity contribution in [3.8, 4) is 0 Å². The van der Waals surface area contributed by atoms with Gasteiger partial charge in [0.05, 0.1) is 28.3 Å². The highest BCUT2D eigenvalue weighted by Crippen LogP contribution is 2.24. The Hall–Kier alpha value is -3.14. The van der Waals surface area contributed by atoms with E-state index in [0.29, 0.717) is 11.4 Å². The predicted octanol–water partition coefficient (Wildman–Crippen LogP) is 3.46. The Balaban J connectivity index is 1.90. The lowest BCUT2D eigenvalue weighted by Crippen LogP contribution is -2.37. The zero-order chi connectivity index (χ0) is 23.3. The zero-order valence-electron chi connectivity index (χ0n) is 17.5. The molecule has 0 aliphatic rings. The fourth-order valence-electron chi connectivity index (χ4n) is 2.90. The highest BCUT2D eigenvalue weighted by atomic mass is 35.5. The second kappa shape index (κ2) is 9.99. The summed E-state index contributed by atoms with van der Waals surface area (Å²) >= 11 is 6.23.